The Balaban J connectivity index is 3.30. The van der Waals surface area contributed by atoms with Crippen LogP contribution in [0, 0.1) is 0 Å². The van der Waals surface area contributed by atoms with Crippen molar-refractivity contribution in [1.82, 2.24) is 0 Å². The van der Waals surface area contributed by atoms with E-state index in [1.165, 1.54) is 20.3 Å². The van der Waals surface area contributed by atoms with Gasteiger partial charge in [-0.15, -0.1) is 0 Å². The zero-order valence-electron chi connectivity index (χ0n) is 7.64. The molecule has 0 N–H and O–H groups in total. The number of hydrogen-bond donors (Lipinski definition) is 0. The van der Waals surface area contributed by atoms with Crippen LogP contribution in [0.1, 0.15) is 10.4 Å². The molecule has 5 heteroatoms. The number of rotatable bonds is 3. The Labute approximate surface area is 95.1 Å². The minimum atomic E-state index is -0.544. The molecule has 0 amide bonds. The maximum absolute atomic E-state index is 11.0. The summed E-state index contributed by atoms with van der Waals surface area (Å²) in [6, 6.07) is 3.16. The van der Waals surface area contributed by atoms with Crippen LogP contribution in [0.4, 0.5) is 0 Å². The van der Waals surface area contributed by atoms with Crippen LogP contribution in [0.2, 0.25) is 0 Å². The van der Waals surface area contributed by atoms with Crippen LogP contribution in [0.5, 0.6) is 11.5 Å². The van der Waals surface area contributed by atoms with Crippen molar-refractivity contribution in [3.8, 4) is 11.5 Å². The van der Waals surface area contributed by atoms with Crippen molar-refractivity contribution in [3.05, 3.63) is 22.2 Å². The van der Waals surface area contributed by atoms with Gasteiger partial charge in [0, 0.05) is 4.47 Å². The molecule has 0 unspecified atom stereocenters. The van der Waals surface area contributed by atoms with Crippen molar-refractivity contribution in [1.29, 1.82) is 0 Å². The monoisotopic (exact) mass is 278 g/mol. The third-order valence-corrected chi connectivity index (χ3v) is 2.54. The smallest absolute Gasteiger partial charge is 0.253 e. The molecule has 1 aromatic carbocycles. The van der Waals surface area contributed by atoms with E-state index in [9.17, 15) is 4.79 Å². The molecule has 0 bridgehead atoms. The Kier molecular flexibility index (Phi) is 3.77. The summed E-state index contributed by atoms with van der Waals surface area (Å²) in [5, 5.41) is -0.544. The highest BCUT2D eigenvalue weighted by Crippen LogP contribution is 2.33. The summed E-state index contributed by atoms with van der Waals surface area (Å²) in [7, 11) is 3.01. The van der Waals surface area contributed by atoms with Gasteiger partial charge < -0.3 is 9.47 Å². The third-order valence-electron chi connectivity index (χ3n) is 1.68. The standard InChI is InChI=1S/C9H8BrClO3/c1-13-7-3-5(9(11)12)6(10)4-8(7)14-2/h3-4H,1-2H3. The molecule has 1 rings (SSSR count). The van der Waals surface area contributed by atoms with Crippen molar-refractivity contribution in [2.24, 2.45) is 0 Å². The predicted molar refractivity (Wildman–Crippen MR) is 57.4 cm³/mol. The predicted octanol–water partition coefficient (Wildman–Crippen LogP) is 2.85. The van der Waals surface area contributed by atoms with Gasteiger partial charge >= 0.3 is 0 Å². The Morgan fingerprint density at radius 3 is 2.21 bits per heavy atom. The summed E-state index contributed by atoms with van der Waals surface area (Å²) >= 11 is 8.58. The van der Waals surface area contributed by atoms with Crippen LogP contribution in [-0.2, 0) is 0 Å². The molecule has 0 fully saturated rings. The van der Waals surface area contributed by atoms with Crippen molar-refractivity contribution >= 4 is 32.8 Å². The molecule has 0 aliphatic carbocycles. The van der Waals surface area contributed by atoms with E-state index in [0.29, 0.717) is 21.5 Å². The topological polar surface area (TPSA) is 35.5 Å². The largest absolute Gasteiger partial charge is 0.493 e. The van der Waals surface area contributed by atoms with Gasteiger partial charge in [0.15, 0.2) is 11.5 Å². The summed E-state index contributed by atoms with van der Waals surface area (Å²) in [6.45, 7) is 0. The quantitative estimate of drug-likeness (QED) is 0.798. The van der Waals surface area contributed by atoms with Gasteiger partial charge in [-0.2, -0.15) is 0 Å². The minimum absolute atomic E-state index is 0.351. The summed E-state index contributed by atoms with van der Waals surface area (Å²) < 4.78 is 10.6. The number of halogens is 2. The molecule has 0 saturated carbocycles. The Morgan fingerprint density at radius 2 is 1.79 bits per heavy atom. The molecule has 0 heterocycles. The van der Waals surface area contributed by atoms with Crippen LogP contribution in [0.3, 0.4) is 0 Å². The molecular formula is C9H8BrClO3. The number of carbonyl (C=O) groups excluding carboxylic acids is 1. The number of methoxy groups -OCH3 is 2. The SMILES string of the molecule is COc1cc(Br)c(C(=O)Cl)cc1OC. The fourth-order valence-corrected chi connectivity index (χ4v) is 1.78. The molecule has 1 aromatic rings. The molecule has 0 spiro atoms. The number of ether oxygens (including phenoxy) is 2. The molecule has 0 atom stereocenters. The fourth-order valence-electron chi connectivity index (χ4n) is 1.00. The molecule has 3 nitrogen and oxygen atoms in total. The highest BCUT2D eigenvalue weighted by atomic mass is 79.9. The molecule has 76 valence electrons. The lowest BCUT2D eigenvalue weighted by molar-refractivity contribution is 0.108. The lowest BCUT2D eigenvalue weighted by atomic mass is 10.2. The highest BCUT2D eigenvalue weighted by molar-refractivity contribution is 9.10. The van der Waals surface area contributed by atoms with E-state index < -0.39 is 5.24 Å². The van der Waals surface area contributed by atoms with Gasteiger partial charge in [0.25, 0.3) is 5.24 Å². The maximum Gasteiger partial charge on any atom is 0.253 e. The van der Waals surface area contributed by atoms with Crippen molar-refractivity contribution in [2.75, 3.05) is 14.2 Å². The Morgan fingerprint density at radius 1 is 1.29 bits per heavy atom. The number of hydrogen-bond acceptors (Lipinski definition) is 3. The zero-order chi connectivity index (χ0) is 10.7. The van der Waals surface area contributed by atoms with Gasteiger partial charge in [-0.05, 0) is 39.7 Å². The molecule has 14 heavy (non-hydrogen) atoms. The second kappa shape index (κ2) is 4.66. The first kappa shape index (κ1) is 11.3. The van der Waals surface area contributed by atoms with Crippen molar-refractivity contribution in [2.45, 2.75) is 0 Å². The van der Waals surface area contributed by atoms with E-state index in [0.717, 1.165) is 0 Å². The first-order chi connectivity index (χ1) is 6.60. The summed E-state index contributed by atoms with van der Waals surface area (Å²) in [5.41, 5.74) is 0.351. The first-order valence-electron chi connectivity index (χ1n) is 3.71. The van der Waals surface area contributed by atoms with Crippen LogP contribution in [-0.4, -0.2) is 19.5 Å². The van der Waals surface area contributed by atoms with E-state index >= 15 is 0 Å². The second-order valence-corrected chi connectivity index (χ2v) is 3.66. The van der Waals surface area contributed by atoms with Gasteiger partial charge in [-0.25, -0.2) is 0 Å². The summed E-state index contributed by atoms with van der Waals surface area (Å²) in [5.74, 6) is 1.01. The Bertz CT molecular complexity index is 365. The normalized spacial score (nSPS) is 9.71. The third kappa shape index (κ3) is 2.19. The van der Waals surface area contributed by atoms with Crippen LogP contribution >= 0.6 is 27.5 Å². The van der Waals surface area contributed by atoms with Crippen LogP contribution in [0.15, 0.2) is 16.6 Å². The average Bonchev–Trinajstić information content (AvgIpc) is 2.16. The second-order valence-electron chi connectivity index (χ2n) is 2.46. The molecule has 0 saturated heterocycles. The van der Waals surface area contributed by atoms with Gasteiger partial charge in [-0.3, -0.25) is 4.79 Å². The molecular weight excluding hydrogens is 271 g/mol. The van der Waals surface area contributed by atoms with E-state index in [1.807, 2.05) is 0 Å². The highest BCUT2D eigenvalue weighted by Gasteiger charge is 2.13. The van der Waals surface area contributed by atoms with E-state index in [-0.39, 0.29) is 0 Å². The molecule has 0 radical (unpaired) electrons. The minimum Gasteiger partial charge on any atom is -0.493 e. The molecule has 0 aliphatic heterocycles. The van der Waals surface area contributed by atoms with Gasteiger partial charge in [0.1, 0.15) is 0 Å². The number of carbonyl (C=O) groups is 1. The van der Waals surface area contributed by atoms with Gasteiger partial charge in [0.05, 0.1) is 19.8 Å². The van der Waals surface area contributed by atoms with E-state index in [4.69, 9.17) is 21.1 Å². The van der Waals surface area contributed by atoms with Crippen LogP contribution in [0.25, 0.3) is 0 Å². The van der Waals surface area contributed by atoms with Crippen LogP contribution < -0.4 is 9.47 Å². The van der Waals surface area contributed by atoms with Crippen molar-refractivity contribution < 1.29 is 14.3 Å². The van der Waals surface area contributed by atoms with Gasteiger partial charge in [-0.1, -0.05) is 0 Å². The van der Waals surface area contributed by atoms with E-state index in [2.05, 4.69) is 15.9 Å². The van der Waals surface area contributed by atoms with E-state index in [1.54, 1.807) is 6.07 Å². The lowest BCUT2D eigenvalue weighted by Crippen LogP contribution is -1.96. The first-order valence-corrected chi connectivity index (χ1v) is 4.88. The maximum atomic E-state index is 11.0. The number of benzene rings is 1. The summed E-state index contributed by atoms with van der Waals surface area (Å²) in [6.07, 6.45) is 0. The summed E-state index contributed by atoms with van der Waals surface area (Å²) in [4.78, 5) is 11.0. The fraction of sp³-hybridized carbons (Fsp3) is 0.222. The Hall–Kier alpha value is -0.740. The molecule has 0 aromatic heterocycles. The molecule has 0 aliphatic rings. The van der Waals surface area contributed by atoms with Gasteiger partial charge in [0.2, 0.25) is 0 Å². The zero-order valence-corrected chi connectivity index (χ0v) is 9.98. The van der Waals surface area contributed by atoms with Crippen molar-refractivity contribution in [3.63, 3.8) is 0 Å². The average molecular weight is 280 g/mol. The lowest BCUT2D eigenvalue weighted by Gasteiger charge is -2.09.